The molecule has 34 heavy (non-hydrogen) atoms. The van der Waals surface area contributed by atoms with Gasteiger partial charge < -0.3 is 24.6 Å². The third-order valence-electron chi connectivity index (χ3n) is 5.46. The van der Waals surface area contributed by atoms with Crippen molar-refractivity contribution in [3.8, 4) is 5.69 Å². The number of aromatic nitrogens is 5. The van der Waals surface area contributed by atoms with Crippen LogP contribution in [-0.4, -0.2) is 73.1 Å². The molecule has 1 aromatic carbocycles. The fourth-order valence-electron chi connectivity index (χ4n) is 3.80. The molecule has 0 aliphatic carbocycles. The van der Waals surface area contributed by atoms with E-state index in [0.29, 0.717) is 36.5 Å². The van der Waals surface area contributed by atoms with Gasteiger partial charge in [-0.2, -0.15) is 10.1 Å². The summed E-state index contributed by atoms with van der Waals surface area (Å²) in [5, 5.41) is 16.8. The van der Waals surface area contributed by atoms with Crippen molar-refractivity contribution in [2.75, 3.05) is 38.2 Å². The first-order valence-electron chi connectivity index (χ1n) is 10.6. The largest absolute Gasteiger partial charge is 0.394 e. The van der Waals surface area contributed by atoms with E-state index in [1.54, 1.807) is 35.5 Å². The summed E-state index contributed by atoms with van der Waals surface area (Å²) in [5.74, 6) is -2.33. The number of ether oxygens (including phenoxy) is 1. The molecule has 2 N–H and O–H groups in total. The number of hydrogen-bond acceptors (Lipinski definition) is 7. The fourth-order valence-corrected chi connectivity index (χ4v) is 3.80. The molecule has 0 radical (unpaired) electrons. The molecule has 1 saturated heterocycles. The quantitative estimate of drug-likeness (QED) is 0.445. The first kappa shape index (κ1) is 21.9. The fraction of sp³-hybridized carbons (Fsp3) is 0.273. The van der Waals surface area contributed by atoms with Gasteiger partial charge >= 0.3 is 0 Å². The van der Waals surface area contributed by atoms with E-state index in [9.17, 15) is 13.6 Å². The van der Waals surface area contributed by atoms with Crippen LogP contribution in [0.1, 0.15) is 10.4 Å². The second-order valence-corrected chi connectivity index (χ2v) is 7.69. The lowest BCUT2D eigenvalue weighted by molar-refractivity contribution is 0.0296. The molecule has 176 valence electrons. The van der Waals surface area contributed by atoms with E-state index in [1.807, 2.05) is 0 Å². The Balaban J connectivity index is 1.45. The standard InChI is InChI=1S/C22H21F2N7O3/c23-17-9-16(10-18(24)19(17)21(33)29-4-7-34-8-5-29)31-2-1-14-11-25-22(28-20(14)31)27-15-12-26-30(13-15)3-6-32/h1-2,9-13,32H,3-8H2,(H,25,27,28). The van der Waals surface area contributed by atoms with E-state index >= 15 is 0 Å². The number of nitrogens with zero attached hydrogens (tertiary/aromatic N) is 6. The second kappa shape index (κ2) is 9.15. The molecule has 5 rings (SSSR count). The lowest BCUT2D eigenvalue weighted by Gasteiger charge is -2.27. The number of rotatable bonds is 6. The number of fused-ring (bicyclic) bond motifs is 1. The Morgan fingerprint density at radius 1 is 1.18 bits per heavy atom. The van der Waals surface area contributed by atoms with Crippen LogP contribution in [0.2, 0.25) is 0 Å². The number of aliphatic hydroxyl groups is 1. The van der Waals surface area contributed by atoms with Crippen molar-refractivity contribution in [1.82, 2.24) is 29.2 Å². The molecular formula is C22H21F2N7O3. The number of halogens is 2. The molecule has 0 saturated carbocycles. The van der Waals surface area contributed by atoms with Crippen LogP contribution in [0, 0.1) is 11.6 Å². The highest BCUT2D eigenvalue weighted by Gasteiger charge is 2.26. The van der Waals surface area contributed by atoms with Gasteiger partial charge in [-0.15, -0.1) is 0 Å². The normalized spacial score (nSPS) is 14.0. The predicted octanol–water partition coefficient (Wildman–Crippen LogP) is 2.10. The third-order valence-corrected chi connectivity index (χ3v) is 5.46. The highest BCUT2D eigenvalue weighted by atomic mass is 19.1. The van der Waals surface area contributed by atoms with Gasteiger partial charge in [0.1, 0.15) is 22.8 Å². The van der Waals surface area contributed by atoms with E-state index in [4.69, 9.17) is 9.84 Å². The van der Waals surface area contributed by atoms with Crippen molar-refractivity contribution >= 4 is 28.6 Å². The zero-order chi connectivity index (χ0) is 23.7. The van der Waals surface area contributed by atoms with Crippen LogP contribution in [-0.2, 0) is 11.3 Å². The van der Waals surface area contributed by atoms with Crippen molar-refractivity contribution < 1.29 is 23.4 Å². The van der Waals surface area contributed by atoms with Gasteiger partial charge in [0.2, 0.25) is 5.95 Å². The van der Waals surface area contributed by atoms with E-state index in [0.717, 1.165) is 12.1 Å². The molecule has 1 aliphatic heterocycles. The minimum absolute atomic E-state index is 0.0406. The van der Waals surface area contributed by atoms with Crippen LogP contribution in [0.4, 0.5) is 20.4 Å². The number of carbonyl (C=O) groups is 1. The lowest BCUT2D eigenvalue weighted by Crippen LogP contribution is -2.41. The lowest BCUT2D eigenvalue weighted by atomic mass is 10.1. The summed E-state index contributed by atoms with van der Waals surface area (Å²) in [6.45, 7) is 1.55. The van der Waals surface area contributed by atoms with Crippen LogP contribution in [0.5, 0.6) is 0 Å². The van der Waals surface area contributed by atoms with Gasteiger partial charge in [0, 0.05) is 37.1 Å². The molecule has 4 heterocycles. The maximum atomic E-state index is 14.9. The minimum atomic E-state index is -0.947. The van der Waals surface area contributed by atoms with E-state index in [2.05, 4.69) is 20.4 Å². The van der Waals surface area contributed by atoms with Gasteiger partial charge in [0.15, 0.2) is 0 Å². The molecule has 4 aromatic rings. The number of hydrogen-bond donors (Lipinski definition) is 2. The van der Waals surface area contributed by atoms with Crippen molar-refractivity contribution in [2.24, 2.45) is 0 Å². The van der Waals surface area contributed by atoms with Crippen molar-refractivity contribution in [1.29, 1.82) is 0 Å². The van der Waals surface area contributed by atoms with Gasteiger partial charge in [-0.05, 0) is 18.2 Å². The number of morpholine rings is 1. The molecule has 10 nitrogen and oxygen atoms in total. The molecule has 0 atom stereocenters. The third kappa shape index (κ3) is 4.20. The topological polar surface area (TPSA) is 110 Å². The number of carbonyl (C=O) groups excluding carboxylic acids is 1. The summed E-state index contributed by atoms with van der Waals surface area (Å²) in [5.41, 5.74) is 0.642. The number of aliphatic hydroxyl groups excluding tert-OH is 1. The number of amides is 1. The first-order valence-corrected chi connectivity index (χ1v) is 10.6. The summed E-state index contributed by atoms with van der Waals surface area (Å²) >= 11 is 0. The molecule has 0 bridgehead atoms. The van der Waals surface area contributed by atoms with Crippen LogP contribution >= 0.6 is 0 Å². The maximum absolute atomic E-state index is 14.9. The average molecular weight is 469 g/mol. The highest BCUT2D eigenvalue weighted by molar-refractivity contribution is 5.95. The van der Waals surface area contributed by atoms with Crippen molar-refractivity contribution in [3.05, 3.63) is 60.2 Å². The van der Waals surface area contributed by atoms with Gasteiger partial charge in [0.05, 0.1) is 43.9 Å². The molecule has 1 fully saturated rings. The molecule has 0 unspecified atom stereocenters. The molecule has 1 aliphatic rings. The Kier molecular flexibility index (Phi) is 5.90. The Bertz CT molecular complexity index is 1320. The highest BCUT2D eigenvalue weighted by Crippen LogP contribution is 2.25. The van der Waals surface area contributed by atoms with E-state index in [-0.39, 0.29) is 31.3 Å². The zero-order valence-corrected chi connectivity index (χ0v) is 18.0. The summed E-state index contributed by atoms with van der Waals surface area (Å²) in [6, 6.07) is 3.95. The van der Waals surface area contributed by atoms with Gasteiger partial charge in [-0.3, -0.25) is 9.48 Å². The monoisotopic (exact) mass is 469 g/mol. The second-order valence-electron chi connectivity index (χ2n) is 7.69. The summed E-state index contributed by atoms with van der Waals surface area (Å²) < 4.78 is 38.2. The molecule has 3 aromatic heterocycles. The van der Waals surface area contributed by atoms with Gasteiger partial charge in [-0.1, -0.05) is 0 Å². The maximum Gasteiger partial charge on any atom is 0.259 e. The van der Waals surface area contributed by atoms with Gasteiger partial charge in [0.25, 0.3) is 5.91 Å². The summed E-state index contributed by atoms with van der Waals surface area (Å²) in [4.78, 5) is 22.8. The predicted molar refractivity (Wildman–Crippen MR) is 118 cm³/mol. The molecule has 12 heteroatoms. The average Bonchev–Trinajstić information content (AvgIpc) is 3.46. The number of anilines is 2. The van der Waals surface area contributed by atoms with Crippen LogP contribution in [0.25, 0.3) is 16.7 Å². The first-order chi connectivity index (χ1) is 16.5. The van der Waals surface area contributed by atoms with Gasteiger partial charge in [-0.25, -0.2) is 13.8 Å². The Morgan fingerprint density at radius 3 is 2.68 bits per heavy atom. The van der Waals surface area contributed by atoms with Crippen molar-refractivity contribution in [2.45, 2.75) is 6.54 Å². The zero-order valence-electron chi connectivity index (χ0n) is 18.0. The summed E-state index contributed by atoms with van der Waals surface area (Å²) in [7, 11) is 0. The molecule has 1 amide bonds. The SMILES string of the molecule is O=C(c1c(F)cc(-n2ccc3cnc(Nc4cnn(CCO)c4)nc32)cc1F)N1CCOCC1. The summed E-state index contributed by atoms with van der Waals surface area (Å²) in [6.07, 6.45) is 6.47. The molecule has 0 spiro atoms. The van der Waals surface area contributed by atoms with E-state index < -0.39 is 23.1 Å². The Labute approximate surface area is 192 Å². The Morgan fingerprint density at radius 2 is 1.94 bits per heavy atom. The van der Waals surface area contributed by atoms with Crippen LogP contribution in [0.3, 0.4) is 0 Å². The van der Waals surface area contributed by atoms with Crippen LogP contribution in [0.15, 0.2) is 43.0 Å². The van der Waals surface area contributed by atoms with E-state index in [1.165, 1.54) is 9.47 Å². The number of nitrogens with one attached hydrogen (secondary N) is 1. The smallest absolute Gasteiger partial charge is 0.259 e. The molecular weight excluding hydrogens is 448 g/mol. The van der Waals surface area contributed by atoms with Crippen LogP contribution < -0.4 is 5.32 Å². The number of benzene rings is 1. The van der Waals surface area contributed by atoms with Crippen molar-refractivity contribution in [3.63, 3.8) is 0 Å². The Hall–Kier alpha value is -3.90. The minimum Gasteiger partial charge on any atom is -0.394 e.